The molecule has 0 aliphatic carbocycles. The molecular weight excluding hydrogens is 290 g/mol. The molecule has 0 atom stereocenters. The van der Waals surface area contributed by atoms with Crippen LogP contribution in [0.15, 0.2) is 30.3 Å². The van der Waals surface area contributed by atoms with Crippen LogP contribution in [0.1, 0.15) is 20.1 Å². The molecule has 0 saturated heterocycles. The summed E-state index contributed by atoms with van der Waals surface area (Å²) in [7, 11) is 0. The molecule has 21 heavy (non-hydrogen) atoms. The zero-order valence-electron chi connectivity index (χ0n) is 11.0. The average molecular weight is 303 g/mol. The second-order valence-electron chi connectivity index (χ2n) is 4.11. The maximum absolute atomic E-state index is 11.9. The molecule has 4 N–H and O–H groups in total. The van der Waals surface area contributed by atoms with Gasteiger partial charge in [-0.3, -0.25) is 4.79 Å². The van der Waals surface area contributed by atoms with Crippen molar-refractivity contribution in [2.24, 2.45) is 0 Å². The Morgan fingerprint density at radius 1 is 1.19 bits per heavy atom. The van der Waals surface area contributed by atoms with Crippen molar-refractivity contribution in [2.45, 2.75) is 6.54 Å². The molecule has 0 spiro atoms. The van der Waals surface area contributed by atoms with Crippen LogP contribution in [0.5, 0.6) is 11.5 Å². The highest BCUT2D eigenvalue weighted by molar-refractivity contribution is 7.12. The molecule has 1 amide bonds. The number of carbonyl (C=O) groups is 1. The molecule has 0 radical (unpaired) electrons. The number of carbonyl (C=O) groups excluding carboxylic acids is 1. The summed E-state index contributed by atoms with van der Waals surface area (Å²) >= 11 is 1.43. The molecule has 1 aromatic heterocycles. The van der Waals surface area contributed by atoms with E-state index in [1.165, 1.54) is 29.5 Å². The molecule has 0 unspecified atom stereocenters. The Morgan fingerprint density at radius 3 is 2.71 bits per heavy atom. The van der Waals surface area contributed by atoms with Gasteiger partial charge in [-0.15, -0.1) is 11.3 Å². The van der Waals surface area contributed by atoms with Gasteiger partial charge in [-0.25, -0.2) is 0 Å². The van der Waals surface area contributed by atoms with E-state index in [9.17, 15) is 15.0 Å². The molecule has 0 aliphatic heterocycles. The van der Waals surface area contributed by atoms with E-state index in [0.717, 1.165) is 9.75 Å². The van der Waals surface area contributed by atoms with Gasteiger partial charge in [0.1, 0.15) is 6.61 Å². The highest BCUT2D eigenvalue weighted by Crippen LogP contribution is 2.24. The van der Waals surface area contributed by atoms with Gasteiger partial charge in [0.15, 0.2) is 11.5 Å². The van der Waals surface area contributed by atoms with Crippen LogP contribution in [0, 0.1) is 11.8 Å². The van der Waals surface area contributed by atoms with Crippen molar-refractivity contribution in [3.8, 4) is 23.3 Å². The Bertz CT molecular complexity index is 712. The molecule has 5 nitrogen and oxygen atoms in total. The van der Waals surface area contributed by atoms with Crippen LogP contribution < -0.4 is 5.32 Å². The number of benzene rings is 1. The Kier molecular flexibility index (Phi) is 4.82. The quantitative estimate of drug-likeness (QED) is 0.510. The lowest BCUT2D eigenvalue weighted by Crippen LogP contribution is -2.22. The number of amides is 1. The summed E-state index contributed by atoms with van der Waals surface area (Å²) in [6.45, 7) is 0.153. The van der Waals surface area contributed by atoms with Crippen LogP contribution in [0.4, 0.5) is 0 Å². The van der Waals surface area contributed by atoms with E-state index in [-0.39, 0.29) is 29.6 Å². The number of nitrogens with one attached hydrogen (secondary N) is 1. The normalized spacial score (nSPS) is 9.76. The molecule has 1 heterocycles. The molecule has 108 valence electrons. The van der Waals surface area contributed by atoms with Crippen molar-refractivity contribution < 1.29 is 20.1 Å². The Hall–Kier alpha value is -2.49. The summed E-state index contributed by atoms with van der Waals surface area (Å²) in [6.07, 6.45) is 0. The number of aromatic hydroxyl groups is 2. The number of thiophene rings is 1. The first-order valence-corrected chi connectivity index (χ1v) is 6.90. The fraction of sp³-hybridized carbons (Fsp3) is 0.133. The minimum absolute atomic E-state index is 0.186. The van der Waals surface area contributed by atoms with Gasteiger partial charge in [0.2, 0.25) is 0 Å². The minimum Gasteiger partial charge on any atom is -0.504 e. The largest absolute Gasteiger partial charge is 0.504 e. The predicted molar refractivity (Wildman–Crippen MR) is 79.2 cm³/mol. The standard InChI is InChI=1S/C15H13NO4S/c17-7-1-2-11-4-5-12(21-11)9-16-15(20)10-3-6-13(18)14(19)8-10/h3-6,8,17-19H,7,9H2,(H,16,20). The zero-order chi connectivity index (χ0) is 15.2. The van der Waals surface area contributed by atoms with Crippen LogP contribution in [0.25, 0.3) is 0 Å². The molecule has 0 saturated carbocycles. The van der Waals surface area contributed by atoms with Crippen LogP contribution >= 0.6 is 11.3 Å². The first-order valence-electron chi connectivity index (χ1n) is 6.09. The summed E-state index contributed by atoms with van der Waals surface area (Å²) in [5.74, 6) is 4.40. The number of hydrogen-bond acceptors (Lipinski definition) is 5. The Labute approximate surface area is 125 Å². The highest BCUT2D eigenvalue weighted by Gasteiger charge is 2.09. The summed E-state index contributed by atoms with van der Waals surface area (Å²) in [5.41, 5.74) is 0.266. The van der Waals surface area contributed by atoms with Gasteiger partial charge in [0, 0.05) is 10.4 Å². The molecule has 0 fully saturated rings. The third kappa shape index (κ3) is 3.99. The van der Waals surface area contributed by atoms with Gasteiger partial charge in [0.25, 0.3) is 5.91 Å². The van der Waals surface area contributed by atoms with Crippen molar-refractivity contribution in [3.63, 3.8) is 0 Å². The summed E-state index contributed by atoms with van der Waals surface area (Å²) in [5, 5.41) is 29.9. The maximum Gasteiger partial charge on any atom is 0.251 e. The van der Waals surface area contributed by atoms with Gasteiger partial charge in [-0.1, -0.05) is 11.8 Å². The predicted octanol–water partition coefficient (Wildman–Crippen LogP) is 1.43. The van der Waals surface area contributed by atoms with Gasteiger partial charge >= 0.3 is 0 Å². The third-order valence-electron chi connectivity index (χ3n) is 2.61. The first kappa shape index (κ1) is 14.9. The first-order chi connectivity index (χ1) is 10.1. The molecule has 2 rings (SSSR count). The van der Waals surface area contributed by atoms with E-state index in [4.69, 9.17) is 5.11 Å². The lowest BCUT2D eigenvalue weighted by molar-refractivity contribution is 0.0951. The smallest absolute Gasteiger partial charge is 0.251 e. The number of rotatable bonds is 3. The van der Waals surface area contributed by atoms with Crippen LogP contribution in [-0.2, 0) is 6.54 Å². The zero-order valence-corrected chi connectivity index (χ0v) is 11.8. The van der Waals surface area contributed by atoms with Crippen LogP contribution in [0.3, 0.4) is 0 Å². The molecular formula is C15H13NO4S. The maximum atomic E-state index is 11.9. The minimum atomic E-state index is -0.346. The van der Waals surface area contributed by atoms with Crippen molar-refractivity contribution >= 4 is 17.2 Å². The van der Waals surface area contributed by atoms with Crippen LogP contribution in [0.2, 0.25) is 0 Å². The second-order valence-corrected chi connectivity index (χ2v) is 5.28. The third-order valence-corrected chi connectivity index (χ3v) is 3.61. The van der Waals surface area contributed by atoms with Gasteiger partial charge in [0.05, 0.1) is 11.4 Å². The highest BCUT2D eigenvalue weighted by atomic mass is 32.1. The van der Waals surface area contributed by atoms with Crippen molar-refractivity contribution in [1.82, 2.24) is 5.32 Å². The number of phenolic OH excluding ortho intramolecular Hbond substituents is 2. The number of aliphatic hydroxyl groups is 1. The molecule has 0 bridgehead atoms. The molecule has 2 aromatic rings. The average Bonchev–Trinajstić information content (AvgIpc) is 2.93. The fourth-order valence-corrected chi connectivity index (χ4v) is 2.42. The SMILES string of the molecule is O=C(NCc1ccc(C#CCO)s1)c1ccc(O)c(O)c1. The summed E-state index contributed by atoms with van der Waals surface area (Å²) < 4.78 is 0. The van der Waals surface area contributed by atoms with E-state index in [1.54, 1.807) is 0 Å². The van der Waals surface area contributed by atoms with E-state index in [2.05, 4.69) is 17.2 Å². The number of phenols is 2. The van der Waals surface area contributed by atoms with Gasteiger partial charge in [-0.05, 0) is 30.3 Å². The second kappa shape index (κ2) is 6.79. The van der Waals surface area contributed by atoms with E-state index >= 15 is 0 Å². The number of hydrogen-bond donors (Lipinski definition) is 4. The Balaban J connectivity index is 1.97. The topological polar surface area (TPSA) is 89.8 Å². The molecule has 6 heteroatoms. The van der Waals surface area contributed by atoms with Gasteiger partial charge < -0.3 is 20.6 Å². The summed E-state index contributed by atoms with van der Waals surface area (Å²) in [6, 6.07) is 7.56. The van der Waals surface area contributed by atoms with Crippen LogP contribution in [-0.4, -0.2) is 27.8 Å². The van der Waals surface area contributed by atoms with Crippen molar-refractivity contribution in [1.29, 1.82) is 0 Å². The Morgan fingerprint density at radius 2 is 2.00 bits per heavy atom. The van der Waals surface area contributed by atoms with E-state index in [0.29, 0.717) is 6.54 Å². The lowest BCUT2D eigenvalue weighted by Gasteiger charge is -2.05. The van der Waals surface area contributed by atoms with E-state index < -0.39 is 0 Å². The van der Waals surface area contributed by atoms with Gasteiger partial charge in [-0.2, -0.15) is 0 Å². The lowest BCUT2D eigenvalue weighted by atomic mass is 10.2. The molecule has 1 aromatic carbocycles. The number of aliphatic hydroxyl groups excluding tert-OH is 1. The fourth-order valence-electron chi connectivity index (χ4n) is 1.60. The molecule has 0 aliphatic rings. The summed E-state index contributed by atoms with van der Waals surface area (Å²) in [4.78, 5) is 13.6. The van der Waals surface area contributed by atoms with E-state index in [1.807, 2.05) is 12.1 Å². The van der Waals surface area contributed by atoms with Crippen molar-refractivity contribution in [3.05, 3.63) is 45.6 Å². The monoisotopic (exact) mass is 303 g/mol. The van der Waals surface area contributed by atoms with Crippen molar-refractivity contribution in [2.75, 3.05) is 6.61 Å².